The van der Waals surface area contributed by atoms with Crippen LogP contribution in [0.1, 0.15) is 39.7 Å². The number of ether oxygens (including phenoxy) is 2. The van der Waals surface area contributed by atoms with Crippen molar-refractivity contribution >= 4 is 15.9 Å². The van der Waals surface area contributed by atoms with Crippen molar-refractivity contribution in [2.24, 2.45) is 5.92 Å². The van der Waals surface area contributed by atoms with Crippen LogP contribution < -0.4 is 10.1 Å². The first-order valence-corrected chi connectivity index (χ1v) is 8.50. The topological polar surface area (TPSA) is 30.5 Å². The number of hydrogen-bond donors (Lipinski definition) is 1. The highest BCUT2D eigenvalue weighted by Crippen LogP contribution is 2.26. The van der Waals surface area contributed by atoms with Crippen molar-refractivity contribution in [2.45, 2.75) is 46.7 Å². The Balaban J connectivity index is 2.29. The highest BCUT2D eigenvalue weighted by Gasteiger charge is 2.03. The van der Waals surface area contributed by atoms with Gasteiger partial charge in [-0.05, 0) is 46.0 Å². The largest absolute Gasteiger partial charge is 0.490 e. The van der Waals surface area contributed by atoms with Crippen molar-refractivity contribution in [3.05, 3.63) is 28.2 Å². The fourth-order valence-electron chi connectivity index (χ4n) is 1.72. The van der Waals surface area contributed by atoms with E-state index in [1.807, 2.05) is 6.07 Å². The molecule has 0 heterocycles. The summed E-state index contributed by atoms with van der Waals surface area (Å²) < 4.78 is 12.3. The Morgan fingerprint density at radius 1 is 1.10 bits per heavy atom. The van der Waals surface area contributed by atoms with Crippen LogP contribution in [0, 0.1) is 5.92 Å². The van der Waals surface area contributed by atoms with Crippen molar-refractivity contribution in [2.75, 3.05) is 19.8 Å². The van der Waals surface area contributed by atoms with Gasteiger partial charge in [-0.1, -0.05) is 33.8 Å². The van der Waals surface area contributed by atoms with Gasteiger partial charge in [-0.2, -0.15) is 0 Å². The van der Waals surface area contributed by atoms with E-state index in [0.717, 1.165) is 29.8 Å². The van der Waals surface area contributed by atoms with Crippen LogP contribution in [-0.2, 0) is 11.3 Å². The summed E-state index contributed by atoms with van der Waals surface area (Å²) in [6, 6.07) is 6.69. The summed E-state index contributed by atoms with van der Waals surface area (Å²) in [5, 5.41) is 3.40. The number of hydrogen-bond acceptors (Lipinski definition) is 3. The Hall–Kier alpha value is -0.580. The Bertz CT molecular complexity index is 408. The Kier molecular flexibility index (Phi) is 8.97. The summed E-state index contributed by atoms with van der Waals surface area (Å²) in [5.41, 5.74) is 1.25. The summed E-state index contributed by atoms with van der Waals surface area (Å²) in [5.74, 6) is 1.56. The van der Waals surface area contributed by atoms with Crippen LogP contribution in [0.25, 0.3) is 0 Å². The third-order valence-corrected chi connectivity index (χ3v) is 3.66. The molecule has 0 unspecified atom stereocenters. The van der Waals surface area contributed by atoms with E-state index < -0.39 is 0 Å². The molecular formula is C17H28BrNO2. The molecule has 4 heteroatoms. The minimum atomic E-state index is 0.489. The van der Waals surface area contributed by atoms with E-state index in [4.69, 9.17) is 9.47 Å². The van der Waals surface area contributed by atoms with Gasteiger partial charge in [0.15, 0.2) is 0 Å². The summed E-state index contributed by atoms with van der Waals surface area (Å²) in [4.78, 5) is 0. The maximum Gasteiger partial charge on any atom is 0.133 e. The van der Waals surface area contributed by atoms with E-state index >= 15 is 0 Å². The van der Waals surface area contributed by atoms with E-state index in [1.54, 1.807) is 0 Å². The Labute approximate surface area is 137 Å². The molecule has 0 fully saturated rings. The lowest BCUT2D eigenvalue weighted by atomic mass is 10.1. The molecular weight excluding hydrogens is 330 g/mol. The fourth-order valence-corrected chi connectivity index (χ4v) is 2.27. The Morgan fingerprint density at radius 2 is 1.86 bits per heavy atom. The van der Waals surface area contributed by atoms with Gasteiger partial charge in [0, 0.05) is 19.2 Å². The van der Waals surface area contributed by atoms with E-state index in [-0.39, 0.29) is 0 Å². The molecule has 120 valence electrons. The molecule has 0 aliphatic carbocycles. The monoisotopic (exact) mass is 357 g/mol. The van der Waals surface area contributed by atoms with Gasteiger partial charge in [0.25, 0.3) is 0 Å². The highest BCUT2D eigenvalue weighted by atomic mass is 79.9. The number of halogens is 1. The zero-order chi connectivity index (χ0) is 15.7. The number of rotatable bonds is 10. The number of benzene rings is 1. The van der Waals surface area contributed by atoms with Crippen molar-refractivity contribution in [1.82, 2.24) is 5.32 Å². The van der Waals surface area contributed by atoms with Crippen molar-refractivity contribution < 1.29 is 9.47 Å². The molecule has 0 aliphatic heterocycles. The van der Waals surface area contributed by atoms with E-state index in [0.29, 0.717) is 25.2 Å². The molecule has 0 aliphatic rings. The summed E-state index contributed by atoms with van der Waals surface area (Å²) in [7, 11) is 0. The SMILES string of the molecule is CC(C)CCOCCOc1ccc(CNC(C)C)cc1Br. The molecule has 3 nitrogen and oxygen atoms in total. The van der Waals surface area contributed by atoms with Crippen molar-refractivity contribution in [1.29, 1.82) is 0 Å². The summed E-state index contributed by atoms with van der Waals surface area (Å²) in [6.45, 7) is 11.6. The molecule has 0 atom stereocenters. The smallest absolute Gasteiger partial charge is 0.133 e. The zero-order valence-electron chi connectivity index (χ0n) is 13.6. The van der Waals surface area contributed by atoms with Crippen molar-refractivity contribution in [3.8, 4) is 5.75 Å². The quantitative estimate of drug-likeness (QED) is 0.630. The molecule has 0 saturated heterocycles. The van der Waals surface area contributed by atoms with E-state index in [1.165, 1.54) is 5.56 Å². The lowest BCUT2D eigenvalue weighted by Crippen LogP contribution is -2.21. The van der Waals surface area contributed by atoms with Crippen LogP contribution in [0.4, 0.5) is 0 Å². The van der Waals surface area contributed by atoms with Crippen LogP contribution in [0.2, 0.25) is 0 Å². The van der Waals surface area contributed by atoms with Gasteiger partial charge in [-0.3, -0.25) is 0 Å². The molecule has 1 N–H and O–H groups in total. The third kappa shape index (κ3) is 8.44. The first-order valence-electron chi connectivity index (χ1n) is 7.71. The second-order valence-corrected chi connectivity index (χ2v) is 6.80. The van der Waals surface area contributed by atoms with Gasteiger partial charge >= 0.3 is 0 Å². The van der Waals surface area contributed by atoms with Crippen LogP contribution in [0.3, 0.4) is 0 Å². The molecule has 0 saturated carbocycles. The van der Waals surface area contributed by atoms with Gasteiger partial charge in [0.2, 0.25) is 0 Å². The van der Waals surface area contributed by atoms with Gasteiger partial charge in [-0.25, -0.2) is 0 Å². The average molecular weight is 358 g/mol. The second-order valence-electron chi connectivity index (χ2n) is 5.94. The maximum atomic E-state index is 5.73. The molecule has 0 aromatic heterocycles. The number of nitrogens with one attached hydrogen (secondary N) is 1. The molecule has 1 aromatic rings. The highest BCUT2D eigenvalue weighted by molar-refractivity contribution is 9.10. The van der Waals surface area contributed by atoms with Gasteiger partial charge in [0.05, 0.1) is 11.1 Å². The minimum absolute atomic E-state index is 0.489. The van der Waals surface area contributed by atoms with Gasteiger partial charge < -0.3 is 14.8 Å². The predicted molar refractivity (Wildman–Crippen MR) is 91.9 cm³/mol. The summed E-state index contributed by atoms with van der Waals surface area (Å²) >= 11 is 3.56. The summed E-state index contributed by atoms with van der Waals surface area (Å²) in [6.07, 6.45) is 1.10. The minimum Gasteiger partial charge on any atom is -0.490 e. The van der Waals surface area contributed by atoms with Gasteiger partial charge in [-0.15, -0.1) is 0 Å². The molecule has 0 spiro atoms. The zero-order valence-corrected chi connectivity index (χ0v) is 15.2. The fraction of sp³-hybridized carbons (Fsp3) is 0.647. The Morgan fingerprint density at radius 3 is 2.48 bits per heavy atom. The van der Waals surface area contributed by atoms with Crippen LogP contribution in [0.15, 0.2) is 22.7 Å². The van der Waals surface area contributed by atoms with Crippen LogP contribution in [0.5, 0.6) is 5.75 Å². The molecule has 0 bridgehead atoms. The molecule has 1 rings (SSSR count). The maximum absolute atomic E-state index is 5.73. The van der Waals surface area contributed by atoms with E-state index in [2.05, 4.69) is 61.1 Å². The average Bonchev–Trinajstić information content (AvgIpc) is 2.41. The van der Waals surface area contributed by atoms with Crippen LogP contribution in [-0.4, -0.2) is 25.9 Å². The van der Waals surface area contributed by atoms with Gasteiger partial charge in [0.1, 0.15) is 12.4 Å². The predicted octanol–water partition coefficient (Wildman–Crippen LogP) is 4.39. The molecule has 0 amide bonds. The first kappa shape index (κ1) is 18.5. The lowest BCUT2D eigenvalue weighted by molar-refractivity contribution is 0.0923. The third-order valence-electron chi connectivity index (χ3n) is 3.04. The van der Waals surface area contributed by atoms with Crippen LogP contribution >= 0.6 is 15.9 Å². The standard InChI is InChI=1S/C17H28BrNO2/c1-13(2)7-8-20-9-10-21-17-6-5-15(11-16(17)18)12-19-14(3)4/h5-6,11,13-14,19H,7-10,12H2,1-4H3. The van der Waals surface area contributed by atoms with E-state index in [9.17, 15) is 0 Å². The normalized spacial score (nSPS) is 11.4. The first-order chi connectivity index (χ1) is 9.99. The molecule has 21 heavy (non-hydrogen) atoms. The molecule has 0 radical (unpaired) electrons. The van der Waals surface area contributed by atoms with Crippen molar-refractivity contribution in [3.63, 3.8) is 0 Å². The lowest BCUT2D eigenvalue weighted by Gasteiger charge is -2.12. The second kappa shape index (κ2) is 10.2. The molecule has 1 aromatic carbocycles.